The third-order valence-corrected chi connectivity index (χ3v) is 3.64. The summed E-state index contributed by atoms with van der Waals surface area (Å²) < 4.78 is 11.6. The van der Waals surface area contributed by atoms with Crippen LogP contribution in [0.5, 0.6) is 0 Å². The Bertz CT molecular complexity index is 380. The van der Waals surface area contributed by atoms with Crippen LogP contribution in [0.15, 0.2) is 30.4 Å². The van der Waals surface area contributed by atoms with E-state index in [2.05, 4.69) is 32.0 Å². The Morgan fingerprint density at radius 3 is 2.60 bits per heavy atom. The van der Waals surface area contributed by atoms with Gasteiger partial charge in [0.05, 0.1) is 0 Å². The first-order valence-electron chi connectivity index (χ1n) is 5.15. The van der Waals surface area contributed by atoms with Crippen molar-refractivity contribution < 1.29 is 4.21 Å². The molecular weight excluding hydrogens is 204 g/mol. The molecule has 15 heavy (non-hydrogen) atoms. The molecule has 0 aliphatic heterocycles. The van der Waals surface area contributed by atoms with Gasteiger partial charge < -0.3 is 0 Å². The third-order valence-electron chi connectivity index (χ3n) is 2.42. The molecular formula is C13H18OS. The van der Waals surface area contributed by atoms with Gasteiger partial charge in [-0.15, -0.1) is 0 Å². The zero-order valence-electron chi connectivity index (χ0n) is 9.62. The molecule has 1 rings (SSSR count). The van der Waals surface area contributed by atoms with Crippen molar-refractivity contribution in [1.82, 2.24) is 0 Å². The molecule has 1 aromatic rings. The Labute approximate surface area is 94.7 Å². The van der Waals surface area contributed by atoms with Crippen molar-refractivity contribution in [3.8, 4) is 0 Å². The van der Waals surface area contributed by atoms with Gasteiger partial charge in [0.25, 0.3) is 0 Å². The highest BCUT2D eigenvalue weighted by molar-refractivity contribution is 7.84. The standard InChI is InChI=1S/C13H18OS/c1-4-5-8-15(14)10-13-7-6-11(2)12(3)9-13/h4-7,9H,8,10H2,1-3H3/b5-4+. The van der Waals surface area contributed by atoms with Gasteiger partial charge in [-0.1, -0.05) is 30.4 Å². The SMILES string of the molecule is C/C=C/CS(=O)Cc1ccc(C)c(C)c1. The van der Waals surface area contributed by atoms with E-state index in [9.17, 15) is 4.21 Å². The number of rotatable bonds is 4. The van der Waals surface area contributed by atoms with Gasteiger partial charge in [0.1, 0.15) is 0 Å². The third kappa shape index (κ3) is 4.00. The Balaban J connectivity index is 2.65. The predicted octanol–water partition coefficient (Wildman–Crippen LogP) is 3.13. The van der Waals surface area contributed by atoms with Gasteiger partial charge in [-0.25, -0.2) is 0 Å². The van der Waals surface area contributed by atoms with E-state index in [0.29, 0.717) is 11.5 Å². The molecule has 0 heterocycles. The van der Waals surface area contributed by atoms with E-state index in [0.717, 1.165) is 0 Å². The van der Waals surface area contributed by atoms with Crippen LogP contribution in [0.1, 0.15) is 23.6 Å². The minimum absolute atomic E-state index is 0.656. The molecule has 0 aliphatic rings. The lowest BCUT2D eigenvalue weighted by Crippen LogP contribution is -1.99. The quantitative estimate of drug-likeness (QED) is 0.715. The second-order valence-electron chi connectivity index (χ2n) is 3.74. The maximum absolute atomic E-state index is 11.6. The first kappa shape index (κ1) is 12.2. The molecule has 1 atom stereocenters. The van der Waals surface area contributed by atoms with E-state index < -0.39 is 10.8 Å². The maximum atomic E-state index is 11.6. The molecule has 0 aromatic heterocycles. The summed E-state index contributed by atoms with van der Waals surface area (Å²) >= 11 is 0. The molecule has 0 amide bonds. The summed E-state index contributed by atoms with van der Waals surface area (Å²) in [5.74, 6) is 1.31. The van der Waals surface area contributed by atoms with Gasteiger partial charge in [-0.05, 0) is 37.5 Å². The van der Waals surface area contributed by atoms with Crippen molar-refractivity contribution in [2.45, 2.75) is 26.5 Å². The second-order valence-corrected chi connectivity index (χ2v) is 5.24. The number of aryl methyl sites for hydroxylation is 2. The van der Waals surface area contributed by atoms with E-state index in [-0.39, 0.29) is 0 Å². The highest BCUT2D eigenvalue weighted by Gasteiger charge is 2.01. The molecule has 0 saturated heterocycles. The van der Waals surface area contributed by atoms with Crippen molar-refractivity contribution >= 4 is 10.8 Å². The van der Waals surface area contributed by atoms with Crippen LogP contribution in [0.2, 0.25) is 0 Å². The first-order valence-corrected chi connectivity index (χ1v) is 6.64. The topological polar surface area (TPSA) is 17.1 Å². The molecule has 0 fully saturated rings. The van der Waals surface area contributed by atoms with Crippen molar-refractivity contribution in [1.29, 1.82) is 0 Å². The second kappa shape index (κ2) is 5.86. The fourth-order valence-corrected chi connectivity index (χ4v) is 2.42. The lowest BCUT2D eigenvalue weighted by atomic mass is 10.1. The van der Waals surface area contributed by atoms with Crippen LogP contribution in [-0.4, -0.2) is 9.96 Å². The fourth-order valence-electron chi connectivity index (χ4n) is 1.34. The van der Waals surface area contributed by atoms with E-state index in [1.807, 2.05) is 19.1 Å². The summed E-state index contributed by atoms with van der Waals surface area (Å²) in [5.41, 5.74) is 3.73. The fraction of sp³-hybridized carbons (Fsp3) is 0.385. The molecule has 0 N–H and O–H groups in total. The van der Waals surface area contributed by atoms with Gasteiger partial charge in [0.2, 0.25) is 0 Å². The molecule has 0 aliphatic carbocycles. The van der Waals surface area contributed by atoms with Gasteiger partial charge in [0, 0.05) is 22.3 Å². The smallest absolute Gasteiger partial charge is 0.0488 e. The molecule has 0 radical (unpaired) electrons. The molecule has 0 bridgehead atoms. The number of hydrogen-bond donors (Lipinski definition) is 0. The summed E-state index contributed by atoms with van der Waals surface area (Å²) in [6.45, 7) is 6.14. The largest absolute Gasteiger partial charge is 0.259 e. The molecule has 1 unspecified atom stereocenters. The summed E-state index contributed by atoms with van der Waals surface area (Å²) in [6, 6.07) is 6.29. The Hall–Kier alpha value is -0.890. The van der Waals surface area contributed by atoms with E-state index in [1.165, 1.54) is 16.7 Å². The number of benzene rings is 1. The molecule has 2 heteroatoms. The van der Waals surface area contributed by atoms with Crippen LogP contribution in [0.4, 0.5) is 0 Å². The van der Waals surface area contributed by atoms with Crippen molar-refractivity contribution in [3.63, 3.8) is 0 Å². The van der Waals surface area contributed by atoms with Gasteiger partial charge in [0.15, 0.2) is 0 Å². The van der Waals surface area contributed by atoms with E-state index in [1.54, 1.807) is 0 Å². The van der Waals surface area contributed by atoms with E-state index >= 15 is 0 Å². The van der Waals surface area contributed by atoms with Crippen LogP contribution < -0.4 is 0 Å². The predicted molar refractivity (Wildman–Crippen MR) is 67.4 cm³/mol. The number of allylic oxidation sites excluding steroid dienone is 1. The molecule has 82 valence electrons. The summed E-state index contributed by atoms with van der Waals surface area (Å²) in [5, 5.41) is 0. The van der Waals surface area contributed by atoms with Crippen molar-refractivity contribution in [2.75, 3.05) is 5.75 Å². The van der Waals surface area contributed by atoms with E-state index in [4.69, 9.17) is 0 Å². The van der Waals surface area contributed by atoms with Gasteiger partial charge >= 0.3 is 0 Å². The van der Waals surface area contributed by atoms with Crippen molar-refractivity contribution in [2.24, 2.45) is 0 Å². The normalized spacial score (nSPS) is 13.3. The Morgan fingerprint density at radius 2 is 2.00 bits per heavy atom. The number of hydrogen-bond acceptors (Lipinski definition) is 1. The molecule has 0 spiro atoms. The molecule has 0 saturated carbocycles. The highest BCUT2D eigenvalue weighted by Crippen LogP contribution is 2.11. The zero-order valence-corrected chi connectivity index (χ0v) is 10.4. The minimum atomic E-state index is -0.773. The Kier molecular flexibility index (Phi) is 4.76. The average Bonchev–Trinajstić information content (AvgIpc) is 2.20. The van der Waals surface area contributed by atoms with Crippen LogP contribution in [0, 0.1) is 13.8 Å². The van der Waals surface area contributed by atoms with Crippen molar-refractivity contribution in [3.05, 3.63) is 47.0 Å². The van der Waals surface area contributed by atoms with Crippen LogP contribution >= 0.6 is 0 Å². The minimum Gasteiger partial charge on any atom is -0.259 e. The Morgan fingerprint density at radius 1 is 1.27 bits per heavy atom. The van der Waals surface area contributed by atoms with Crippen LogP contribution in [0.3, 0.4) is 0 Å². The van der Waals surface area contributed by atoms with Crippen LogP contribution in [-0.2, 0) is 16.6 Å². The maximum Gasteiger partial charge on any atom is 0.0488 e. The first-order chi connectivity index (χ1) is 7.13. The zero-order chi connectivity index (χ0) is 11.3. The lowest BCUT2D eigenvalue weighted by molar-refractivity contribution is 0.684. The monoisotopic (exact) mass is 222 g/mol. The average molecular weight is 222 g/mol. The molecule has 1 aromatic carbocycles. The summed E-state index contributed by atoms with van der Waals surface area (Å²) in [4.78, 5) is 0. The summed E-state index contributed by atoms with van der Waals surface area (Å²) in [6.07, 6.45) is 3.90. The lowest BCUT2D eigenvalue weighted by Gasteiger charge is -2.04. The van der Waals surface area contributed by atoms with Gasteiger partial charge in [-0.2, -0.15) is 0 Å². The highest BCUT2D eigenvalue weighted by atomic mass is 32.2. The van der Waals surface area contributed by atoms with Gasteiger partial charge in [-0.3, -0.25) is 4.21 Å². The van der Waals surface area contributed by atoms with Crippen LogP contribution in [0.25, 0.3) is 0 Å². The summed E-state index contributed by atoms with van der Waals surface area (Å²) in [7, 11) is -0.773. The molecule has 1 nitrogen and oxygen atoms in total.